The molecule has 1 aromatic rings. The Labute approximate surface area is 107 Å². The molecule has 2 nitrogen and oxygen atoms in total. The van der Waals surface area contributed by atoms with Crippen LogP contribution in [0.15, 0.2) is 24.8 Å². The summed E-state index contributed by atoms with van der Waals surface area (Å²) in [5, 5.41) is 0. The molecule has 0 atom stereocenters. The molecule has 0 saturated carbocycles. The molecule has 17 heavy (non-hydrogen) atoms. The van der Waals surface area contributed by atoms with Gasteiger partial charge in [-0.3, -0.25) is 4.79 Å². The topological polar surface area (TPSA) is 20.3 Å². The van der Waals surface area contributed by atoms with Crippen molar-refractivity contribution in [1.82, 2.24) is 0 Å². The van der Waals surface area contributed by atoms with Crippen molar-refractivity contribution in [3.63, 3.8) is 0 Å². The number of hydrogen-bond acceptors (Lipinski definition) is 1. The van der Waals surface area contributed by atoms with E-state index < -0.39 is 0 Å². The third kappa shape index (κ3) is 2.37. The first-order valence-electron chi connectivity index (χ1n) is 5.78. The van der Waals surface area contributed by atoms with Crippen LogP contribution >= 0.6 is 11.6 Å². The van der Waals surface area contributed by atoms with Gasteiger partial charge in [0.2, 0.25) is 5.91 Å². The van der Waals surface area contributed by atoms with E-state index in [-0.39, 0.29) is 11.8 Å². The number of carbonyl (C=O) groups is 1. The lowest BCUT2D eigenvalue weighted by Crippen LogP contribution is -2.36. The highest BCUT2D eigenvalue weighted by molar-refractivity contribution is 6.29. The highest BCUT2D eigenvalue weighted by atomic mass is 35.5. The van der Waals surface area contributed by atoms with E-state index in [4.69, 9.17) is 11.6 Å². The van der Waals surface area contributed by atoms with Gasteiger partial charge in [0.1, 0.15) is 5.88 Å². The van der Waals surface area contributed by atoms with Crippen molar-refractivity contribution < 1.29 is 4.79 Å². The fourth-order valence-electron chi connectivity index (χ4n) is 2.19. The standard InChI is InChI=1S/C14H16ClNO/c1-10(2)11-5-6-13-12(8-11)4-3-7-16(13)14(17)9-15/h5-6,8H,1,3-4,7,9H2,2H3. The highest BCUT2D eigenvalue weighted by Gasteiger charge is 2.21. The number of rotatable bonds is 2. The first kappa shape index (κ1) is 12.2. The quantitative estimate of drug-likeness (QED) is 0.737. The first-order chi connectivity index (χ1) is 8.13. The number of amides is 1. The highest BCUT2D eigenvalue weighted by Crippen LogP contribution is 2.29. The second-order valence-electron chi connectivity index (χ2n) is 4.41. The zero-order valence-electron chi connectivity index (χ0n) is 10.0. The number of alkyl halides is 1. The summed E-state index contributed by atoms with van der Waals surface area (Å²) >= 11 is 5.63. The van der Waals surface area contributed by atoms with Crippen molar-refractivity contribution in [2.24, 2.45) is 0 Å². The van der Waals surface area contributed by atoms with Crippen LogP contribution in [0.3, 0.4) is 0 Å². The van der Waals surface area contributed by atoms with Crippen molar-refractivity contribution in [3.8, 4) is 0 Å². The summed E-state index contributed by atoms with van der Waals surface area (Å²) in [5.41, 5.74) is 4.42. The van der Waals surface area contributed by atoms with Crippen molar-refractivity contribution in [2.45, 2.75) is 19.8 Å². The number of carbonyl (C=O) groups excluding carboxylic acids is 1. The molecule has 0 radical (unpaired) electrons. The Morgan fingerprint density at radius 2 is 2.29 bits per heavy atom. The number of aryl methyl sites for hydroxylation is 1. The second-order valence-corrected chi connectivity index (χ2v) is 4.67. The number of benzene rings is 1. The van der Waals surface area contributed by atoms with Gasteiger partial charge in [-0.1, -0.05) is 18.2 Å². The van der Waals surface area contributed by atoms with E-state index in [0.717, 1.165) is 36.2 Å². The number of hydrogen-bond donors (Lipinski definition) is 0. The minimum atomic E-state index is -0.0179. The SMILES string of the molecule is C=C(C)c1ccc2c(c1)CCCN2C(=O)CCl. The van der Waals surface area contributed by atoms with Gasteiger partial charge in [-0.05, 0) is 43.0 Å². The average molecular weight is 250 g/mol. The van der Waals surface area contributed by atoms with Crippen LogP contribution in [0.1, 0.15) is 24.5 Å². The number of anilines is 1. The number of fused-ring (bicyclic) bond motifs is 1. The maximum atomic E-state index is 11.7. The van der Waals surface area contributed by atoms with Gasteiger partial charge in [-0.15, -0.1) is 11.6 Å². The smallest absolute Gasteiger partial charge is 0.241 e. The fourth-order valence-corrected chi connectivity index (χ4v) is 2.34. The minimum Gasteiger partial charge on any atom is -0.311 e. The summed E-state index contributed by atoms with van der Waals surface area (Å²) in [7, 11) is 0. The van der Waals surface area contributed by atoms with Gasteiger partial charge in [0.05, 0.1) is 0 Å². The molecule has 0 bridgehead atoms. The number of nitrogens with zero attached hydrogens (tertiary/aromatic N) is 1. The molecule has 1 heterocycles. The number of allylic oxidation sites excluding steroid dienone is 1. The molecule has 1 aromatic carbocycles. The van der Waals surface area contributed by atoms with Crippen molar-refractivity contribution in [3.05, 3.63) is 35.9 Å². The van der Waals surface area contributed by atoms with E-state index in [2.05, 4.69) is 12.6 Å². The van der Waals surface area contributed by atoms with Gasteiger partial charge < -0.3 is 4.90 Å². The van der Waals surface area contributed by atoms with Crippen LogP contribution < -0.4 is 4.90 Å². The van der Waals surface area contributed by atoms with E-state index in [1.165, 1.54) is 5.56 Å². The normalized spacial score (nSPS) is 14.4. The molecular formula is C14H16ClNO. The minimum absolute atomic E-state index is 0.0179. The molecule has 0 spiro atoms. The van der Waals surface area contributed by atoms with Crippen LogP contribution in [-0.4, -0.2) is 18.3 Å². The van der Waals surface area contributed by atoms with Gasteiger partial charge in [0, 0.05) is 12.2 Å². The molecule has 0 unspecified atom stereocenters. The molecular weight excluding hydrogens is 234 g/mol. The third-order valence-electron chi connectivity index (χ3n) is 3.11. The van der Waals surface area contributed by atoms with Gasteiger partial charge in [-0.25, -0.2) is 0 Å². The Bertz CT molecular complexity index is 467. The van der Waals surface area contributed by atoms with Crippen LogP contribution in [-0.2, 0) is 11.2 Å². The van der Waals surface area contributed by atoms with Crippen LogP contribution in [0, 0.1) is 0 Å². The maximum Gasteiger partial charge on any atom is 0.241 e. The Morgan fingerprint density at radius 1 is 1.53 bits per heavy atom. The zero-order valence-corrected chi connectivity index (χ0v) is 10.8. The van der Waals surface area contributed by atoms with Gasteiger partial charge in [-0.2, -0.15) is 0 Å². The molecule has 0 aromatic heterocycles. The maximum absolute atomic E-state index is 11.7. The van der Waals surface area contributed by atoms with Gasteiger partial charge >= 0.3 is 0 Å². The third-order valence-corrected chi connectivity index (χ3v) is 3.33. The second kappa shape index (κ2) is 4.92. The molecule has 3 heteroatoms. The van der Waals surface area contributed by atoms with Crippen molar-refractivity contribution in [2.75, 3.05) is 17.3 Å². The molecule has 1 amide bonds. The molecule has 0 N–H and O–H groups in total. The Morgan fingerprint density at radius 3 is 2.94 bits per heavy atom. The first-order valence-corrected chi connectivity index (χ1v) is 6.32. The summed E-state index contributed by atoms with van der Waals surface area (Å²) in [5.74, 6) is 0.0255. The predicted octanol–water partition coefficient (Wildman–Crippen LogP) is 3.24. The van der Waals surface area contributed by atoms with Crippen LogP contribution in [0.5, 0.6) is 0 Å². The summed E-state index contributed by atoms with van der Waals surface area (Å²) in [6.07, 6.45) is 2.01. The summed E-state index contributed by atoms with van der Waals surface area (Å²) in [6.45, 7) is 6.70. The molecule has 2 rings (SSSR count). The van der Waals surface area contributed by atoms with Crippen LogP contribution in [0.4, 0.5) is 5.69 Å². The van der Waals surface area contributed by atoms with Gasteiger partial charge in [0.25, 0.3) is 0 Å². The summed E-state index contributed by atoms with van der Waals surface area (Å²) < 4.78 is 0. The van der Waals surface area contributed by atoms with Crippen molar-refractivity contribution in [1.29, 1.82) is 0 Å². The fraction of sp³-hybridized carbons (Fsp3) is 0.357. The molecule has 90 valence electrons. The van der Waals surface area contributed by atoms with Crippen LogP contribution in [0.25, 0.3) is 5.57 Å². The van der Waals surface area contributed by atoms with Crippen molar-refractivity contribution >= 4 is 28.8 Å². The van der Waals surface area contributed by atoms with Crippen LogP contribution in [0.2, 0.25) is 0 Å². The lowest BCUT2D eigenvalue weighted by molar-refractivity contribution is -0.116. The molecule has 0 fully saturated rings. The largest absolute Gasteiger partial charge is 0.311 e. The lowest BCUT2D eigenvalue weighted by Gasteiger charge is -2.29. The molecule has 1 aliphatic rings. The van der Waals surface area contributed by atoms with Gasteiger partial charge in [0.15, 0.2) is 0 Å². The predicted molar refractivity (Wildman–Crippen MR) is 72.5 cm³/mol. The van der Waals surface area contributed by atoms with E-state index >= 15 is 0 Å². The van der Waals surface area contributed by atoms with E-state index in [1.807, 2.05) is 19.1 Å². The Kier molecular flexibility index (Phi) is 3.53. The zero-order chi connectivity index (χ0) is 12.4. The average Bonchev–Trinajstić information content (AvgIpc) is 2.36. The lowest BCUT2D eigenvalue weighted by atomic mass is 9.97. The molecule has 0 saturated heterocycles. The van der Waals surface area contributed by atoms with E-state index in [0.29, 0.717) is 0 Å². The monoisotopic (exact) mass is 249 g/mol. The molecule has 1 aliphatic heterocycles. The Balaban J connectivity index is 2.40. The van der Waals surface area contributed by atoms with E-state index in [1.54, 1.807) is 4.90 Å². The summed E-state index contributed by atoms with van der Waals surface area (Å²) in [6, 6.07) is 6.15. The molecule has 0 aliphatic carbocycles. The summed E-state index contributed by atoms with van der Waals surface area (Å²) in [4.78, 5) is 13.5. The number of halogens is 1. The Hall–Kier alpha value is -1.28. The van der Waals surface area contributed by atoms with E-state index in [9.17, 15) is 4.79 Å².